The predicted octanol–water partition coefficient (Wildman–Crippen LogP) is 3.02. The van der Waals surface area contributed by atoms with Crippen molar-refractivity contribution in [1.82, 2.24) is 10.3 Å². The van der Waals surface area contributed by atoms with Crippen LogP contribution in [0.1, 0.15) is 26.3 Å². The molecular formula is C12H20BrN3. The van der Waals surface area contributed by atoms with E-state index < -0.39 is 0 Å². The Bertz CT molecular complexity index is 326. The van der Waals surface area contributed by atoms with Crippen LogP contribution in [-0.4, -0.2) is 18.1 Å². The SMILES string of the molecule is CCNc1ncc(Br)cc1CNCC(C)C. The first-order valence-corrected chi connectivity index (χ1v) is 6.51. The third kappa shape index (κ3) is 4.49. The van der Waals surface area contributed by atoms with Gasteiger partial charge in [0.25, 0.3) is 0 Å². The minimum atomic E-state index is 0.669. The van der Waals surface area contributed by atoms with Crippen LogP contribution >= 0.6 is 15.9 Å². The molecule has 1 rings (SSSR count). The number of rotatable bonds is 6. The zero-order chi connectivity index (χ0) is 12.0. The molecular weight excluding hydrogens is 266 g/mol. The molecule has 4 heteroatoms. The van der Waals surface area contributed by atoms with E-state index in [1.54, 1.807) is 0 Å². The number of aromatic nitrogens is 1. The Balaban J connectivity index is 2.64. The lowest BCUT2D eigenvalue weighted by Gasteiger charge is -2.12. The van der Waals surface area contributed by atoms with Crippen LogP contribution in [0.5, 0.6) is 0 Å². The summed E-state index contributed by atoms with van der Waals surface area (Å²) in [5.74, 6) is 1.64. The molecule has 16 heavy (non-hydrogen) atoms. The molecule has 0 bridgehead atoms. The van der Waals surface area contributed by atoms with Crippen molar-refractivity contribution >= 4 is 21.7 Å². The van der Waals surface area contributed by atoms with Gasteiger partial charge in [0.2, 0.25) is 0 Å². The van der Waals surface area contributed by atoms with Crippen LogP contribution in [-0.2, 0) is 6.54 Å². The Labute approximate surface area is 106 Å². The van der Waals surface area contributed by atoms with Crippen LogP contribution in [0.25, 0.3) is 0 Å². The number of pyridine rings is 1. The van der Waals surface area contributed by atoms with Gasteiger partial charge in [0.1, 0.15) is 5.82 Å². The van der Waals surface area contributed by atoms with Crippen LogP contribution in [0.4, 0.5) is 5.82 Å². The van der Waals surface area contributed by atoms with Gasteiger partial charge >= 0.3 is 0 Å². The molecule has 0 aliphatic rings. The lowest BCUT2D eigenvalue weighted by molar-refractivity contribution is 0.552. The molecule has 0 aliphatic carbocycles. The van der Waals surface area contributed by atoms with Gasteiger partial charge in [-0.05, 0) is 41.4 Å². The highest BCUT2D eigenvalue weighted by Gasteiger charge is 2.04. The molecule has 0 amide bonds. The Morgan fingerprint density at radius 2 is 2.19 bits per heavy atom. The second kappa shape index (κ2) is 6.86. The predicted molar refractivity (Wildman–Crippen MR) is 72.6 cm³/mol. The maximum atomic E-state index is 4.37. The average Bonchev–Trinajstić information content (AvgIpc) is 2.21. The highest BCUT2D eigenvalue weighted by atomic mass is 79.9. The van der Waals surface area contributed by atoms with Gasteiger partial charge in [-0.25, -0.2) is 4.98 Å². The van der Waals surface area contributed by atoms with Gasteiger partial charge in [0, 0.05) is 29.3 Å². The number of hydrogen-bond donors (Lipinski definition) is 2. The van der Waals surface area contributed by atoms with Crippen molar-refractivity contribution in [2.45, 2.75) is 27.3 Å². The summed E-state index contributed by atoms with van der Waals surface area (Å²) in [5, 5.41) is 6.70. The minimum Gasteiger partial charge on any atom is -0.370 e. The Kier molecular flexibility index (Phi) is 5.77. The Morgan fingerprint density at radius 3 is 2.81 bits per heavy atom. The van der Waals surface area contributed by atoms with E-state index in [0.717, 1.165) is 29.9 Å². The quantitative estimate of drug-likeness (QED) is 0.844. The third-order valence-electron chi connectivity index (χ3n) is 2.15. The van der Waals surface area contributed by atoms with E-state index in [-0.39, 0.29) is 0 Å². The molecule has 90 valence electrons. The fraction of sp³-hybridized carbons (Fsp3) is 0.583. The van der Waals surface area contributed by atoms with Crippen molar-refractivity contribution in [3.05, 3.63) is 22.3 Å². The van der Waals surface area contributed by atoms with Gasteiger partial charge in [-0.3, -0.25) is 0 Å². The molecule has 1 aromatic heterocycles. The van der Waals surface area contributed by atoms with Gasteiger partial charge in [-0.15, -0.1) is 0 Å². The van der Waals surface area contributed by atoms with Crippen LogP contribution in [0.2, 0.25) is 0 Å². The van der Waals surface area contributed by atoms with E-state index in [2.05, 4.69) is 58.4 Å². The smallest absolute Gasteiger partial charge is 0.130 e. The van der Waals surface area contributed by atoms with Crippen molar-refractivity contribution in [1.29, 1.82) is 0 Å². The summed E-state index contributed by atoms with van der Waals surface area (Å²) in [5.41, 5.74) is 1.21. The van der Waals surface area contributed by atoms with E-state index >= 15 is 0 Å². The summed E-state index contributed by atoms with van der Waals surface area (Å²) in [6.07, 6.45) is 1.82. The second-order valence-corrected chi connectivity index (χ2v) is 5.13. The minimum absolute atomic E-state index is 0.669. The molecule has 0 radical (unpaired) electrons. The zero-order valence-electron chi connectivity index (χ0n) is 10.2. The molecule has 0 unspecified atom stereocenters. The fourth-order valence-corrected chi connectivity index (χ4v) is 1.82. The normalized spacial score (nSPS) is 10.8. The standard InChI is InChI=1S/C12H20BrN3/c1-4-15-12-10(5-11(13)8-16-12)7-14-6-9(2)3/h5,8-9,14H,4,6-7H2,1-3H3,(H,15,16). The summed E-state index contributed by atoms with van der Waals surface area (Å²) in [6, 6.07) is 2.11. The van der Waals surface area contributed by atoms with Crippen LogP contribution in [0.15, 0.2) is 16.7 Å². The van der Waals surface area contributed by atoms with E-state index in [9.17, 15) is 0 Å². The van der Waals surface area contributed by atoms with Crippen molar-refractivity contribution < 1.29 is 0 Å². The molecule has 1 aromatic rings. The summed E-state index contributed by atoms with van der Waals surface area (Å²) in [7, 11) is 0. The van der Waals surface area contributed by atoms with Crippen molar-refractivity contribution in [2.24, 2.45) is 5.92 Å². The lowest BCUT2D eigenvalue weighted by atomic mass is 10.2. The second-order valence-electron chi connectivity index (χ2n) is 4.22. The third-order valence-corrected chi connectivity index (χ3v) is 2.58. The lowest BCUT2D eigenvalue weighted by Crippen LogP contribution is -2.20. The highest BCUT2D eigenvalue weighted by molar-refractivity contribution is 9.10. The van der Waals surface area contributed by atoms with Crippen LogP contribution < -0.4 is 10.6 Å². The maximum absolute atomic E-state index is 4.37. The van der Waals surface area contributed by atoms with Gasteiger partial charge in [0.15, 0.2) is 0 Å². The van der Waals surface area contributed by atoms with E-state index in [0.29, 0.717) is 5.92 Å². The summed E-state index contributed by atoms with van der Waals surface area (Å²) in [6.45, 7) is 9.26. The zero-order valence-corrected chi connectivity index (χ0v) is 11.8. The van der Waals surface area contributed by atoms with Crippen LogP contribution in [0, 0.1) is 5.92 Å². The van der Waals surface area contributed by atoms with Gasteiger partial charge in [0.05, 0.1) is 0 Å². The summed E-state index contributed by atoms with van der Waals surface area (Å²) >= 11 is 3.45. The van der Waals surface area contributed by atoms with E-state index in [1.165, 1.54) is 5.56 Å². The number of anilines is 1. The molecule has 0 saturated heterocycles. The topological polar surface area (TPSA) is 37.0 Å². The molecule has 0 fully saturated rings. The number of nitrogens with one attached hydrogen (secondary N) is 2. The molecule has 0 atom stereocenters. The highest BCUT2D eigenvalue weighted by Crippen LogP contribution is 2.17. The molecule has 0 aromatic carbocycles. The van der Waals surface area contributed by atoms with E-state index in [1.807, 2.05) is 6.20 Å². The van der Waals surface area contributed by atoms with Crippen LogP contribution in [0.3, 0.4) is 0 Å². The summed E-state index contributed by atoms with van der Waals surface area (Å²) in [4.78, 5) is 4.37. The number of halogens is 1. The number of nitrogens with zero attached hydrogens (tertiary/aromatic N) is 1. The largest absolute Gasteiger partial charge is 0.370 e. The average molecular weight is 286 g/mol. The Hall–Kier alpha value is -0.610. The van der Waals surface area contributed by atoms with Crippen molar-refractivity contribution in [2.75, 3.05) is 18.4 Å². The first kappa shape index (κ1) is 13.5. The van der Waals surface area contributed by atoms with Gasteiger partial charge < -0.3 is 10.6 Å². The Morgan fingerprint density at radius 1 is 1.44 bits per heavy atom. The first-order chi connectivity index (χ1) is 7.63. The molecule has 1 heterocycles. The van der Waals surface area contributed by atoms with E-state index in [4.69, 9.17) is 0 Å². The first-order valence-electron chi connectivity index (χ1n) is 5.72. The molecule has 3 nitrogen and oxygen atoms in total. The van der Waals surface area contributed by atoms with Gasteiger partial charge in [-0.1, -0.05) is 13.8 Å². The fourth-order valence-electron chi connectivity index (χ4n) is 1.44. The molecule has 0 aliphatic heterocycles. The van der Waals surface area contributed by atoms with Crippen molar-refractivity contribution in [3.8, 4) is 0 Å². The summed E-state index contributed by atoms with van der Waals surface area (Å²) < 4.78 is 1.02. The molecule has 2 N–H and O–H groups in total. The maximum Gasteiger partial charge on any atom is 0.130 e. The number of hydrogen-bond acceptors (Lipinski definition) is 3. The van der Waals surface area contributed by atoms with Crippen molar-refractivity contribution in [3.63, 3.8) is 0 Å². The molecule has 0 saturated carbocycles. The monoisotopic (exact) mass is 285 g/mol. The molecule has 0 spiro atoms. The van der Waals surface area contributed by atoms with Gasteiger partial charge in [-0.2, -0.15) is 0 Å².